The molecule has 0 aliphatic carbocycles. The summed E-state index contributed by atoms with van der Waals surface area (Å²) >= 11 is 0. The molecule has 1 atom stereocenters. The lowest BCUT2D eigenvalue weighted by Crippen LogP contribution is -2.49. The molecule has 1 aromatic carbocycles. The number of nitrogens with two attached hydrogens (primary N) is 1. The molecule has 6 heteroatoms. The van der Waals surface area contributed by atoms with E-state index in [1.807, 2.05) is 38.1 Å². The summed E-state index contributed by atoms with van der Waals surface area (Å²) in [4.78, 5) is 26.3. The van der Waals surface area contributed by atoms with Crippen LogP contribution in [0.1, 0.15) is 43.4 Å². The molecule has 0 bridgehead atoms. The van der Waals surface area contributed by atoms with Crippen LogP contribution in [0.3, 0.4) is 0 Å². The second-order valence-corrected chi connectivity index (χ2v) is 6.80. The van der Waals surface area contributed by atoms with Crippen LogP contribution in [0.25, 0.3) is 0 Å². The van der Waals surface area contributed by atoms with Gasteiger partial charge in [-0.1, -0.05) is 36.8 Å². The normalized spacial score (nSPS) is 17.1. The van der Waals surface area contributed by atoms with Crippen LogP contribution in [0.2, 0.25) is 0 Å². The number of benzene rings is 1. The summed E-state index contributed by atoms with van der Waals surface area (Å²) in [5.41, 5.74) is 8.04. The number of likely N-dealkylation sites (tertiary alicyclic amines) is 1. The molecule has 0 aromatic heterocycles. The van der Waals surface area contributed by atoms with Gasteiger partial charge in [0, 0.05) is 25.7 Å². The smallest absolute Gasteiger partial charge is 0.241 e. The first-order valence-electron chi connectivity index (χ1n) is 9.11. The second kappa shape index (κ2) is 9.53. The van der Waals surface area contributed by atoms with Crippen molar-refractivity contribution in [2.75, 3.05) is 26.2 Å². The standard InChI is InChI=1S/C19H30N4O2/c1-3-10-21-17(24)13-23-11-8-16(9-12-23)22-19(25)18(20)15-6-4-14(2)5-7-15/h4-7,16,18H,3,8-13,20H2,1-2H3,(H,21,24)(H,22,25). The lowest BCUT2D eigenvalue weighted by Gasteiger charge is -2.32. The van der Waals surface area contributed by atoms with Crippen molar-refractivity contribution in [3.8, 4) is 0 Å². The van der Waals surface area contributed by atoms with Crippen LogP contribution in [0, 0.1) is 6.92 Å². The van der Waals surface area contributed by atoms with E-state index in [1.54, 1.807) is 0 Å². The summed E-state index contributed by atoms with van der Waals surface area (Å²) in [5, 5.41) is 5.94. The Morgan fingerprint density at radius 2 is 1.88 bits per heavy atom. The molecule has 1 aliphatic heterocycles. The molecule has 138 valence electrons. The van der Waals surface area contributed by atoms with Gasteiger partial charge >= 0.3 is 0 Å². The van der Waals surface area contributed by atoms with E-state index in [0.717, 1.165) is 50.0 Å². The van der Waals surface area contributed by atoms with Crippen LogP contribution in [0.5, 0.6) is 0 Å². The van der Waals surface area contributed by atoms with Crippen LogP contribution >= 0.6 is 0 Å². The second-order valence-electron chi connectivity index (χ2n) is 6.80. The highest BCUT2D eigenvalue weighted by Gasteiger charge is 2.24. The van der Waals surface area contributed by atoms with Crippen molar-refractivity contribution in [1.82, 2.24) is 15.5 Å². The molecule has 25 heavy (non-hydrogen) atoms. The first-order chi connectivity index (χ1) is 12.0. The Hall–Kier alpha value is -1.92. The summed E-state index contributed by atoms with van der Waals surface area (Å²) in [6.45, 7) is 6.82. The average Bonchev–Trinajstić information content (AvgIpc) is 2.61. The van der Waals surface area contributed by atoms with Gasteiger partial charge in [0.05, 0.1) is 6.54 Å². The Kier molecular flexibility index (Phi) is 7.40. The maximum Gasteiger partial charge on any atom is 0.241 e. The lowest BCUT2D eigenvalue weighted by molar-refractivity contribution is -0.125. The van der Waals surface area contributed by atoms with E-state index >= 15 is 0 Å². The van der Waals surface area contributed by atoms with Gasteiger partial charge in [0.2, 0.25) is 11.8 Å². The van der Waals surface area contributed by atoms with E-state index in [4.69, 9.17) is 5.73 Å². The number of carbonyl (C=O) groups is 2. The summed E-state index contributed by atoms with van der Waals surface area (Å²) in [6.07, 6.45) is 2.63. The summed E-state index contributed by atoms with van der Waals surface area (Å²) < 4.78 is 0. The number of nitrogens with zero attached hydrogens (tertiary/aromatic N) is 1. The number of rotatable bonds is 7. The Morgan fingerprint density at radius 1 is 1.24 bits per heavy atom. The van der Waals surface area contributed by atoms with Crippen molar-refractivity contribution in [1.29, 1.82) is 0 Å². The van der Waals surface area contributed by atoms with Crippen molar-refractivity contribution in [2.45, 2.75) is 45.2 Å². The van der Waals surface area contributed by atoms with Gasteiger partial charge in [-0.3, -0.25) is 14.5 Å². The molecule has 2 amide bonds. The molecule has 1 saturated heterocycles. The summed E-state index contributed by atoms with van der Waals surface area (Å²) in [7, 11) is 0. The minimum Gasteiger partial charge on any atom is -0.355 e. The number of amides is 2. The molecule has 1 aromatic rings. The quantitative estimate of drug-likeness (QED) is 0.690. The largest absolute Gasteiger partial charge is 0.355 e. The van der Waals surface area contributed by atoms with E-state index in [2.05, 4.69) is 15.5 Å². The zero-order valence-corrected chi connectivity index (χ0v) is 15.3. The predicted molar refractivity (Wildman–Crippen MR) is 99.0 cm³/mol. The minimum atomic E-state index is -0.640. The van der Waals surface area contributed by atoms with E-state index < -0.39 is 6.04 Å². The van der Waals surface area contributed by atoms with Gasteiger partial charge < -0.3 is 16.4 Å². The third-order valence-electron chi connectivity index (χ3n) is 4.59. The molecule has 1 unspecified atom stereocenters. The van der Waals surface area contributed by atoms with Gasteiger partial charge in [0.25, 0.3) is 0 Å². The Bertz CT molecular complexity index is 565. The SMILES string of the molecule is CCCNC(=O)CN1CCC(NC(=O)C(N)c2ccc(C)cc2)CC1. The van der Waals surface area contributed by atoms with Gasteiger partial charge in [-0.15, -0.1) is 0 Å². The monoisotopic (exact) mass is 346 g/mol. The Labute approximate surface area is 150 Å². The number of carbonyl (C=O) groups excluding carboxylic acids is 2. The fourth-order valence-electron chi connectivity index (χ4n) is 2.97. The van der Waals surface area contributed by atoms with Crippen molar-refractivity contribution in [3.63, 3.8) is 0 Å². The van der Waals surface area contributed by atoms with Gasteiger partial charge in [0.1, 0.15) is 6.04 Å². The molecule has 2 rings (SSSR count). The molecule has 0 radical (unpaired) electrons. The predicted octanol–water partition coefficient (Wildman–Crippen LogP) is 1.10. The minimum absolute atomic E-state index is 0.0747. The number of hydrogen-bond acceptors (Lipinski definition) is 4. The maximum atomic E-state index is 12.4. The highest BCUT2D eigenvalue weighted by molar-refractivity contribution is 5.83. The molecule has 0 spiro atoms. The number of nitrogens with one attached hydrogen (secondary N) is 2. The highest BCUT2D eigenvalue weighted by Crippen LogP contribution is 2.14. The van der Waals surface area contributed by atoms with Gasteiger partial charge in [-0.25, -0.2) is 0 Å². The van der Waals surface area contributed by atoms with E-state index in [0.29, 0.717) is 6.54 Å². The molecule has 1 aliphatic rings. The van der Waals surface area contributed by atoms with Crippen molar-refractivity contribution in [2.24, 2.45) is 5.73 Å². The van der Waals surface area contributed by atoms with E-state index in [9.17, 15) is 9.59 Å². The number of hydrogen-bond donors (Lipinski definition) is 3. The lowest BCUT2D eigenvalue weighted by atomic mass is 10.0. The molecular formula is C19H30N4O2. The fourth-order valence-corrected chi connectivity index (χ4v) is 2.97. The van der Waals surface area contributed by atoms with Crippen LogP contribution < -0.4 is 16.4 Å². The zero-order chi connectivity index (χ0) is 18.2. The maximum absolute atomic E-state index is 12.4. The van der Waals surface area contributed by atoms with E-state index in [1.165, 1.54) is 0 Å². The summed E-state index contributed by atoms with van der Waals surface area (Å²) in [6, 6.07) is 7.21. The van der Waals surface area contributed by atoms with Gasteiger partial charge in [-0.2, -0.15) is 0 Å². The average molecular weight is 346 g/mol. The number of piperidine rings is 1. The van der Waals surface area contributed by atoms with Gasteiger partial charge in [0.15, 0.2) is 0 Å². The zero-order valence-electron chi connectivity index (χ0n) is 15.3. The van der Waals surface area contributed by atoms with Crippen LogP contribution in [0.15, 0.2) is 24.3 Å². The molecule has 4 N–H and O–H groups in total. The third kappa shape index (κ3) is 6.14. The molecular weight excluding hydrogens is 316 g/mol. The van der Waals surface area contributed by atoms with Crippen molar-refractivity contribution < 1.29 is 9.59 Å². The first kappa shape index (κ1) is 19.4. The molecule has 1 heterocycles. The molecule has 1 fully saturated rings. The Morgan fingerprint density at radius 3 is 2.48 bits per heavy atom. The topological polar surface area (TPSA) is 87.5 Å². The van der Waals surface area contributed by atoms with Crippen LogP contribution in [-0.2, 0) is 9.59 Å². The molecule has 0 saturated carbocycles. The van der Waals surface area contributed by atoms with Crippen LogP contribution in [-0.4, -0.2) is 48.9 Å². The fraction of sp³-hybridized carbons (Fsp3) is 0.579. The van der Waals surface area contributed by atoms with E-state index in [-0.39, 0.29) is 17.9 Å². The van der Waals surface area contributed by atoms with Crippen molar-refractivity contribution in [3.05, 3.63) is 35.4 Å². The third-order valence-corrected chi connectivity index (χ3v) is 4.59. The highest BCUT2D eigenvalue weighted by atomic mass is 16.2. The van der Waals surface area contributed by atoms with Crippen molar-refractivity contribution >= 4 is 11.8 Å². The Balaban J connectivity index is 1.74. The van der Waals surface area contributed by atoms with Crippen LogP contribution in [0.4, 0.5) is 0 Å². The number of aryl methyl sites for hydroxylation is 1. The first-order valence-corrected chi connectivity index (χ1v) is 9.11. The van der Waals surface area contributed by atoms with Gasteiger partial charge in [-0.05, 0) is 31.7 Å². The molecule has 6 nitrogen and oxygen atoms in total. The summed E-state index contributed by atoms with van der Waals surface area (Å²) in [5.74, 6) is -0.0614.